The number of carbonyl (C=O) groups is 1. The van der Waals surface area contributed by atoms with E-state index in [1.165, 1.54) is 7.11 Å². The smallest absolute Gasteiger partial charge is 0.373 e. The third-order valence-corrected chi connectivity index (χ3v) is 2.54. The molecule has 1 heterocycles. The molecule has 14 heavy (non-hydrogen) atoms. The van der Waals surface area contributed by atoms with Crippen LogP contribution in [0.3, 0.4) is 0 Å². The zero-order chi connectivity index (χ0) is 10.8. The fraction of sp³-hybridized carbons (Fsp3) is 0.545. The molecule has 0 saturated carbocycles. The Hall–Kier alpha value is -1.25. The van der Waals surface area contributed by atoms with Gasteiger partial charge in [-0.25, -0.2) is 4.79 Å². The Bertz CT molecular complexity index is 323. The van der Waals surface area contributed by atoms with Crippen molar-refractivity contribution < 1.29 is 13.9 Å². The third-order valence-electron chi connectivity index (χ3n) is 2.54. The van der Waals surface area contributed by atoms with Gasteiger partial charge in [0.05, 0.1) is 7.11 Å². The first-order chi connectivity index (χ1) is 6.51. The van der Waals surface area contributed by atoms with Gasteiger partial charge in [0.15, 0.2) is 0 Å². The molecule has 0 aromatic carbocycles. The van der Waals surface area contributed by atoms with Gasteiger partial charge in [0.2, 0.25) is 5.76 Å². The molecule has 3 nitrogen and oxygen atoms in total. The molecule has 1 aromatic heterocycles. The van der Waals surface area contributed by atoms with Gasteiger partial charge in [-0.1, -0.05) is 20.8 Å². The summed E-state index contributed by atoms with van der Waals surface area (Å²) in [6, 6.07) is 3.48. The molecule has 0 fully saturated rings. The van der Waals surface area contributed by atoms with Crippen molar-refractivity contribution in [3.05, 3.63) is 23.7 Å². The first-order valence-corrected chi connectivity index (χ1v) is 4.70. The van der Waals surface area contributed by atoms with Crippen molar-refractivity contribution in [2.45, 2.75) is 32.6 Å². The lowest BCUT2D eigenvalue weighted by Crippen LogP contribution is -2.14. The Morgan fingerprint density at radius 2 is 2.14 bits per heavy atom. The highest BCUT2D eigenvalue weighted by molar-refractivity contribution is 5.86. The summed E-state index contributed by atoms with van der Waals surface area (Å²) in [5.41, 5.74) is -0.0354. The maximum absolute atomic E-state index is 11.1. The SMILES string of the molecule is CCC(C)(C)c1ccc(C(=O)OC)o1. The quantitative estimate of drug-likeness (QED) is 0.698. The number of hydrogen-bond donors (Lipinski definition) is 0. The van der Waals surface area contributed by atoms with Crippen LogP contribution in [0.25, 0.3) is 0 Å². The monoisotopic (exact) mass is 196 g/mol. The van der Waals surface area contributed by atoms with Crippen LogP contribution in [0.4, 0.5) is 0 Å². The van der Waals surface area contributed by atoms with E-state index in [1.807, 2.05) is 6.07 Å². The van der Waals surface area contributed by atoms with Crippen molar-refractivity contribution in [1.29, 1.82) is 0 Å². The van der Waals surface area contributed by atoms with Crippen LogP contribution in [0.5, 0.6) is 0 Å². The summed E-state index contributed by atoms with van der Waals surface area (Å²) in [5, 5.41) is 0. The predicted octanol–water partition coefficient (Wildman–Crippen LogP) is 2.75. The van der Waals surface area contributed by atoms with Crippen molar-refractivity contribution in [2.24, 2.45) is 0 Å². The van der Waals surface area contributed by atoms with Gasteiger partial charge in [-0.15, -0.1) is 0 Å². The molecule has 0 bridgehead atoms. The maximum atomic E-state index is 11.1. The second-order valence-corrected chi connectivity index (χ2v) is 3.89. The van der Waals surface area contributed by atoms with Gasteiger partial charge in [-0.05, 0) is 18.6 Å². The molecule has 0 aliphatic carbocycles. The summed E-state index contributed by atoms with van der Waals surface area (Å²) in [7, 11) is 1.34. The Labute approximate surface area is 84.1 Å². The predicted molar refractivity (Wildman–Crippen MR) is 53.4 cm³/mol. The highest BCUT2D eigenvalue weighted by Gasteiger charge is 2.23. The lowest BCUT2D eigenvalue weighted by Gasteiger charge is -2.18. The zero-order valence-corrected chi connectivity index (χ0v) is 9.09. The normalized spacial score (nSPS) is 11.4. The van der Waals surface area contributed by atoms with E-state index >= 15 is 0 Å². The summed E-state index contributed by atoms with van der Waals surface area (Å²) in [4.78, 5) is 11.1. The molecular formula is C11H16O3. The first-order valence-electron chi connectivity index (χ1n) is 4.70. The average Bonchev–Trinajstić information content (AvgIpc) is 2.66. The molecular weight excluding hydrogens is 180 g/mol. The van der Waals surface area contributed by atoms with Crippen molar-refractivity contribution in [3.63, 3.8) is 0 Å². The Balaban J connectivity index is 2.93. The second kappa shape index (κ2) is 3.86. The summed E-state index contributed by atoms with van der Waals surface area (Å²) in [5.74, 6) is 0.660. The number of rotatable bonds is 3. The Morgan fingerprint density at radius 1 is 1.50 bits per heavy atom. The van der Waals surface area contributed by atoms with Gasteiger partial charge < -0.3 is 9.15 Å². The van der Waals surface area contributed by atoms with Crippen LogP contribution in [-0.4, -0.2) is 13.1 Å². The van der Waals surface area contributed by atoms with E-state index in [4.69, 9.17) is 4.42 Å². The number of ether oxygens (including phenoxy) is 1. The molecule has 1 rings (SSSR count). The van der Waals surface area contributed by atoms with Gasteiger partial charge in [-0.2, -0.15) is 0 Å². The molecule has 0 aliphatic rings. The minimum Gasteiger partial charge on any atom is -0.463 e. The fourth-order valence-electron chi connectivity index (χ4n) is 1.09. The Morgan fingerprint density at radius 3 is 2.64 bits per heavy atom. The van der Waals surface area contributed by atoms with Gasteiger partial charge in [-0.3, -0.25) is 0 Å². The lowest BCUT2D eigenvalue weighted by molar-refractivity contribution is 0.0561. The van der Waals surface area contributed by atoms with Crippen molar-refractivity contribution in [2.75, 3.05) is 7.11 Å². The van der Waals surface area contributed by atoms with Crippen molar-refractivity contribution in [3.8, 4) is 0 Å². The van der Waals surface area contributed by atoms with Crippen LogP contribution in [0.2, 0.25) is 0 Å². The number of esters is 1. The van der Waals surface area contributed by atoms with E-state index < -0.39 is 5.97 Å². The van der Waals surface area contributed by atoms with E-state index in [9.17, 15) is 4.79 Å². The van der Waals surface area contributed by atoms with Crippen LogP contribution in [0.15, 0.2) is 16.5 Å². The topological polar surface area (TPSA) is 39.4 Å². The van der Waals surface area contributed by atoms with Gasteiger partial charge in [0, 0.05) is 5.41 Å². The van der Waals surface area contributed by atoms with E-state index in [0.29, 0.717) is 0 Å². The molecule has 0 amide bonds. The summed E-state index contributed by atoms with van der Waals surface area (Å²) in [6.07, 6.45) is 0.959. The number of hydrogen-bond acceptors (Lipinski definition) is 3. The number of carbonyl (C=O) groups excluding carboxylic acids is 1. The van der Waals surface area contributed by atoms with Crippen LogP contribution in [0, 0.1) is 0 Å². The summed E-state index contributed by atoms with van der Waals surface area (Å²) >= 11 is 0. The molecule has 1 aromatic rings. The standard InChI is InChI=1S/C11H16O3/c1-5-11(2,3)9-7-6-8(14-9)10(12)13-4/h6-7H,5H2,1-4H3. The molecule has 0 N–H and O–H groups in total. The van der Waals surface area contributed by atoms with Crippen molar-refractivity contribution in [1.82, 2.24) is 0 Å². The summed E-state index contributed by atoms with van der Waals surface area (Å²) in [6.45, 7) is 6.24. The lowest BCUT2D eigenvalue weighted by atomic mass is 9.88. The first kappa shape index (κ1) is 10.8. The van der Waals surface area contributed by atoms with Gasteiger partial charge in [0.25, 0.3) is 0 Å². The largest absolute Gasteiger partial charge is 0.463 e. The number of furan rings is 1. The Kier molecular flexibility index (Phi) is 2.99. The highest BCUT2D eigenvalue weighted by Crippen LogP contribution is 2.28. The molecule has 0 atom stereocenters. The van der Waals surface area contributed by atoms with Crippen LogP contribution in [0.1, 0.15) is 43.5 Å². The van der Waals surface area contributed by atoms with E-state index in [2.05, 4.69) is 25.5 Å². The minimum absolute atomic E-state index is 0.0354. The molecule has 0 radical (unpaired) electrons. The molecule has 0 aliphatic heterocycles. The van der Waals surface area contributed by atoms with Gasteiger partial charge >= 0.3 is 5.97 Å². The number of methoxy groups -OCH3 is 1. The van der Waals surface area contributed by atoms with Crippen LogP contribution in [-0.2, 0) is 10.2 Å². The molecule has 78 valence electrons. The molecule has 0 spiro atoms. The van der Waals surface area contributed by atoms with E-state index in [-0.39, 0.29) is 11.2 Å². The van der Waals surface area contributed by atoms with Crippen LogP contribution >= 0.6 is 0 Å². The molecule has 0 saturated heterocycles. The van der Waals surface area contributed by atoms with Gasteiger partial charge in [0.1, 0.15) is 5.76 Å². The zero-order valence-electron chi connectivity index (χ0n) is 9.09. The molecule has 3 heteroatoms. The summed E-state index contributed by atoms with van der Waals surface area (Å²) < 4.78 is 9.98. The molecule has 0 unspecified atom stereocenters. The third kappa shape index (κ3) is 1.97. The maximum Gasteiger partial charge on any atom is 0.373 e. The van der Waals surface area contributed by atoms with Crippen molar-refractivity contribution >= 4 is 5.97 Å². The average molecular weight is 196 g/mol. The minimum atomic E-state index is -0.428. The van der Waals surface area contributed by atoms with E-state index in [0.717, 1.165) is 12.2 Å². The fourth-order valence-corrected chi connectivity index (χ4v) is 1.09. The second-order valence-electron chi connectivity index (χ2n) is 3.89. The van der Waals surface area contributed by atoms with Crippen LogP contribution < -0.4 is 0 Å². The highest BCUT2D eigenvalue weighted by atomic mass is 16.5. The van der Waals surface area contributed by atoms with E-state index in [1.54, 1.807) is 6.07 Å².